The fourth-order valence-electron chi connectivity index (χ4n) is 0. The van der Waals surface area contributed by atoms with Crippen molar-refractivity contribution < 1.29 is 44.4 Å². The Hall–Kier alpha value is 1.69. The van der Waals surface area contributed by atoms with E-state index in [0.29, 0.717) is 0 Å². The van der Waals surface area contributed by atoms with Crippen molar-refractivity contribution in [3.63, 3.8) is 0 Å². The largest absolute Gasteiger partial charge is 2.00 e. The van der Waals surface area contributed by atoms with Gasteiger partial charge in [-0.05, 0) is 0 Å². The first-order valence-electron chi connectivity index (χ1n) is 0.200. The molecule has 2 N–H and O–H groups in total. The minimum atomic E-state index is 0. The molecule has 0 aliphatic rings. The molecule has 0 amide bonds. The van der Waals surface area contributed by atoms with Crippen molar-refractivity contribution in [2.45, 2.75) is 0 Å². The average Bonchev–Trinajstić information content (AvgIpc) is 1.00. The van der Waals surface area contributed by atoms with Gasteiger partial charge in [-0.15, -0.1) is 0 Å². The first-order valence-corrected chi connectivity index (χ1v) is 0.200. The Morgan fingerprint density at radius 3 is 1.25 bits per heavy atom. The molecule has 0 atom stereocenters. The van der Waals surface area contributed by atoms with E-state index in [1.165, 1.54) is 0 Å². The maximum Gasteiger partial charge on any atom is 2.00 e. The van der Waals surface area contributed by atoms with E-state index in [-0.39, 0.29) is 56.9 Å². The summed E-state index contributed by atoms with van der Waals surface area (Å²) in [6.07, 6.45) is 0. The smallest absolute Gasteiger partial charge is 1.00 e. The molecule has 0 aromatic carbocycles. The standard InChI is InChI=1S/Mg.Na.H2O2.3H/c;;1-2;;;/h;;1-2H;;;/q+2;+1;;3*-1. The molecule has 0 saturated heterocycles. The summed E-state index contributed by atoms with van der Waals surface area (Å²) in [6, 6.07) is 0. The van der Waals surface area contributed by atoms with Gasteiger partial charge in [-0.2, -0.15) is 0 Å². The number of hydrogen-bond acceptors (Lipinski definition) is 2. The zero-order valence-corrected chi connectivity index (χ0v) is 6.02. The van der Waals surface area contributed by atoms with Crippen molar-refractivity contribution in [1.29, 1.82) is 0 Å². The molecule has 0 fully saturated rings. The molecule has 0 aliphatic heterocycles. The van der Waals surface area contributed by atoms with Crippen LogP contribution in [0.15, 0.2) is 0 Å². The summed E-state index contributed by atoms with van der Waals surface area (Å²) >= 11 is 0. The molecule has 4 heteroatoms. The van der Waals surface area contributed by atoms with Gasteiger partial charge in [-0.1, -0.05) is 0 Å². The molecule has 4 heavy (non-hydrogen) atoms. The predicted molar refractivity (Wildman–Crippen MR) is 14.3 cm³/mol. The Balaban J connectivity index is -0.000000000500. The van der Waals surface area contributed by atoms with E-state index < -0.39 is 0 Å². The van der Waals surface area contributed by atoms with Crippen LogP contribution in [0.2, 0.25) is 0 Å². The second-order valence-corrected chi connectivity index (χ2v) is 0. The van der Waals surface area contributed by atoms with E-state index in [2.05, 4.69) is 0 Å². The van der Waals surface area contributed by atoms with E-state index in [9.17, 15) is 0 Å². The third-order valence-corrected chi connectivity index (χ3v) is 0. The summed E-state index contributed by atoms with van der Waals surface area (Å²) in [7, 11) is 0. The molecular weight excluding hydrogens is 79.3 g/mol. The van der Waals surface area contributed by atoms with Gasteiger partial charge in [0.05, 0.1) is 0 Å². The Kier molecular flexibility index (Phi) is 96.9. The molecule has 0 aromatic heterocycles. The normalized spacial score (nSPS) is 1.50. The van der Waals surface area contributed by atoms with E-state index in [4.69, 9.17) is 10.5 Å². The van der Waals surface area contributed by atoms with E-state index in [1.54, 1.807) is 0 Å². The molecule has 2 nitrogen and oxygen atoms in total. The molecular formula is H5MgNaO2. The summed E-state index contributed by atoms with van der Waals surface area (Å²) in [5.41, 5.74) is 0. The summed E-state index contributed by atoms with van der Waals surface area (Å²) in [6.45, 7) is 0. The first-order chi connectivity index (χ1) is 1.00. The van der Waals surface area contributed by atoms with Gasteiger partial charge in [0, 0.05) is 0 Å². The van der Waals surface area contributed by atoms with Crippen LogP contribution in [0, 0.1) is 0 Å². The van der Waals surface area contributed by atoms with Crippen LogP contribution in [-0.2, 0) is 0 Å². The zero-order chi connectivity index (χ0) is 2.00. The molecule has 0 saturated carbocycles. The maximum atomic E-state index is 6.00. The Bertz CT molecular complexity index is 12.9. The van der Waals surface area contributed by atoms with Crippen molar-refractivity contribution >= 4 is 23.1 Å². The molecule has 20 valence electrons. The summed E-state index contributed by atoms with van der Waals surface area (Å²) in [5.74, 6) is 0. The van der Waals surface area contributed by atoms with E-state index >= 15 is 0 Å². The quantitative estimate of drug-likeness (QED) is 0.186. The van der Waals surface area contributed by atoms with Crippen LogP contribution >= 0.6 is 0 Å². The zero-order valence-electron chi connectivity index (χ0n) is 5.60. The SMILES string of the molecule is OO.[H-].[H-].[H-].[Mg+2].[Na+]. The average molecular weight is 84.3 g/mol. The van der Waals surface area contributed by atoms with Crippen LogP contribution in [-0.4, -0.2) is 33.6 Å². The van der Waals surface area contributed by atoms with E-state index in [1.807, 2.05) is 0 Å². The van der Waals surface area contributed by atoms with Crippen LogP contribution in [0.5, 0.6) is 0 Å². The summed E-state index contributed by atoms with van der Waals surface area (Å²) in [5, 5.41) is 12.0. The van der Waals surface area contributed by atoms with Crippen LogP contribution in [0.1, 0.15) is 4.28 Å². The molecule has 0 radical (unpaired) electrons. The molecule has 0 spiro atoms. The van der Waals surface area contributed by atoms with Crippen molar-refractivity contribution in [2.75, 3.05) is 0 Å². The topological polar surface area (TPSA) is 40.5 Å². The van der Waals surface area contributed by atoms with Crippen molar-refractivity contribution in [3.05, 3.63) is 0 Å². The second-order valence-electron chi connectivity index (χ2n) is 0. The monoisotopic (exact) mass is 84.0 g/mol. The van der Waals surface area contributed by atoms with Gasteiger partial charge < -0.3 is 4.28 Å². The second kappa shape index (κ2) is 22.4. The summed E-state index contributed by atoms with van der Waals surface area (Å²) < 4.78 is 0. The first kappa shape index (κ1) is 17.3. The predicted octanol–water partition coefficient (Wildman–Crippen LogP) is -3.02. The number of hydrogen-bond donors (Lipinski definition) is 2. The van der Waals surface area contributed by atoms with Gasteiger partial charge in [-0.25, -0.2) is 0 Å². The summed E-state index contributed by atoms with van der Waals surface area (Å²) in [4.78, 5) is 0. The maximum absolute atomic E-state index is 6.00. The Morgan fingerprint density at radius 1 is 1.25 bits per heavy atom. The van der Waals surface area contributed by atoms with Gasteiger partial charge in [-0.3, -0.25) is 10.5 Å². The third kappa shape index (κ3) is 9.35. The van der Waals surface area contributed by atoms with Gasteiger partial charge in [0.2, 0.25) is 0 Å². The van der Waals surface area contributed by atoms with Crippen LogP contribution in [0.4, 0.5) is 0 Å². The third-order valence-electron chi connectivity index (χ3n) is 0. The van der Waals surface area contributed by atoms with Crippen LogP contribution in [0.3, 0.4) is 0 Å². The van der Waals surface area contributed by atoms with E-state index in [0.717, 1.165) is 0 Å². The van der Waals surface area contributed by atoms with Crippen molar-refractivity contribution in [1.82, 2.24) is 0 Å². The Morgan fingerprint density at radius 2 is 1.25 bits per heavy atom. The van der Waals surface area contributed by atoms with Gasteiger partial charge in [0.15, 0.2) is 0 Å². The molecule has 0 aromatic rings. The van der Waals surface area contributed by atoms with Gasteiger partial charge >= 0.3 is 52.6 Å². The fraction of sp³-hybridized carbons (Fsp3) is 0. The molecule has 0 heterocycles. The van der Waals surface area contributed by atoms with Crippen LogP contribution < -0.4 is 29.6 Å². The number of rotatable bonds is 0. The van der Waals surface area contributed by atoms with Crippen molar-refractivity contribution in [3.8, 4) is 0 Å². The molecule has 0 unspecified atom stereocenters. The minimum absolute atomic E-state index is 0. The fourth-order valence-corrected chi connectivity index (χ4v) is 0. The Labute approximate surface area is 67.0 Å². The minimum Gasteiger partial charge on any atom is -1.00 e. The van der Waals surface area contributed by atoms with Crippen LogP contribution in [0.25, 0.3) is 0 Å². The van der Waals surface area contributed by atoms with Gasteiger partial charge in [0.25, 0.3) is 0 Å². The van der Waals surface area contributed by atoms with Crippen molar-refractivity contribution in [2.24, 2.45) is 0 Å². The molecule has 0 bridgehead atoms. The molecule has 0 rings (SSSR count). The van der Waals surface area contributed by atoms with Gasteiger partial charge in [0.1, 0.15) is 0 Å². The molecule has 0 aliphatic carbocycles.